The Morgan fingerprint density at radius 3 is 2.39 bits per heavy atom. The van der Waals surface area contributed by atoms with Gasteiger partial charge in [0.15, 0.2) is 5.78 Å². The molecule has 2 fully saturated rings. The average Bonchev–Trinajstić information content (AvgIpc) is 3.06. The molecule has 0 aliphatic carbocycles. The molecule has 2 aliphatic rings. The van der Waals surface area contributed by atoms with Gasteiger partial charge in [-0.1, -0.05) is 30.3 Å². The highest BCUT2D eigenvalue weighted by Crippen LogP contribution is 2.50. The standard InChI is InChI=1S/C23H22N2O8/c1-13(26)19-17-11-18(27)23(24(17)21(19)29,20(28)15-5-3-2-4-6-15)22(30)33-12-14-7-9-16(10-8-14)25(31)32/h2-10,13,17,19-20,26,28H,11-12H2,1H3/t13-,17-,19-,20-,23-/m1/s1. The van der Waals surface area contributed by atoms with E-state index in [1.165, 1.54) is 43.3 Å². The highest BCUT2D eigenvalue weighted by molar-refractivity contribution is 6.16. The van der Waals surface area contributed by atoms with Crippen LogP contribution in [0.3, 0.4) is 0 Å². The molecule has 0 aromatic heterocycles. The molecule has 10 nitrogen and oxygen atoms in total. The third-order valence-electron chi connectivity index (χ3n) is 6.33. The smallest absolute Gasteiger partial charge is 0.343 e. The largest absolute Gasteiger partial charge is 0.459 e. The Kier molecular flexibility index (Phi) is 5.73. The zero-order chi connectivity index (χ0) is 23.9. The van der Waals surface area contributed by atoms with Crippen LogP contribution in [0, 0.1) is 16.0 Å². The summed E-state index contributed by atoms with van der Waals surface area (Å²) in [6.07, 6.45) is -2.90. The molecule has 33 heavy (non-hydrogen) atoms. The fraction of sp³-hybridized carbons (Fsp3) is 0.348. The second-order valence-electron chi connectivity index (χ2n) is 8.25. The number of nitro benzene ring substituents is 1. The molecule has 2 N–H and O–H groups in total. The van der Waals surface area contributed by atoms with Gasteiger partial charge in [0.2, 0.25) is 11.4 Å². The number of fused-ring (bicyclic) bond motifs is 1. The van der Waals surface area contributed by atoms with Crippen molar-refractivity contribution in [1.82, 2.24) is 4.90 Å². The summed E-state index contributed by atoms with van der Waals surface area (Å²) < 4.78 is 5.38. The molecule has 0 unspecified atom stereocenters. The van der Waals surface area contributed by atoms with Gasteiger partial charge in [0.05, 0.1) is 23.0 Å². The molecule has 0 spiro atoms. The van der Waals surface area contributed by atoms with Crippen molar-refractivity contribution in [2.45, 2.75) is 43.7 Å². The minimum absolute atomic E-state index is 0.134. The number of hydrogen-bond acceptors (Lipinski definition) is 8. The Morgan fingerprint density at radius 1 is 1.18 bits per heavy atom. The van der Waals surface area contributed by atoms with Crippen molar-refractivity contribution in [2.24, 2.45) is 5.92 Å². The second kappa shape index (κ2) is 8.38. The summed E-state index contributed by atoms with van der Waals surface area (Å²) in [5.74, 6) is -3.22. The molecule has 2 saturated heterocycles. The lowest BCUT2D eigenvalue weighted by Gasteiger charge is -2.50. The molecular formula is C23H22N2O8. The maximum absolute atomic E-state index is 13.4. The maximum atomic E-state index is 13.4. The normalized spacial score (nSPS) is 25.7. The number of carbonyl (C=O) groups is 3. The lowest BCUT2D eigenvalue weighted by molar-refractivity contribution is -0.384. The number of nitro groups is 1. The Labute approximate surface area is 188 Å². The van der Waals surface area contributed by atoms with Crippen molar-refractivity contribution in [3.63, 3.8) is 0 Å². The van der Waals surface area contributed by atoms with E-state index in [0.29, 0.717) is 5.56 Å². The van der Waals surface area contributed by atoms with E-state index in [9.17, 15) is 34.7 Å². The topological polar surface area (TPSA) is 147 Å². The van der Waals surface area contributed by atoms with E-state index < -0.39 is 52.3 Å². The van der Waals surface area contributed by atoms with Crippen LogP contribution in [0.4, 0.5) is 5.69 Å². The van der Waals surface area contributed by atoms with E-state index in [1.54, 1.807) is 18.2 Å². The summed E-state index contributed by atoms with van der Waals surface area (Å²) in [6.45, 7) is 1.12. The third kappa shape index (κ3) is 3.47. The number of ketones is 1. The number of ether oxygens (including phenoxy) is 1. The molecule has 5 atom stereocenters. The minimum atomic E-state index is -2.28. The van der Waals surface area contributed by atoms with Crippen molar-refractivity contribution >= 4 is 23.3 Å². The van der Waals surface area contributed by atoms with E-state index in [4.69, 9.17) is 4.74 Å². The van der Waals surface area contributed by atoms with Gasteiger partial charge >= 0.3 is 5.97 Å². The minimum Gasteiger partial charge on any atom is -0.459 e. The van der Waals surface area contributed by atoms with Crippen LogP contribution in [0.15, 0.2) is 54.6 Å². The number of β-lactam (4-membered cyclic amide) rings is 1. The number of hydrogen-bond donors (Lipinski definition) is 2. The molecule has 2 aromatic rings. The average molecular weight is 454 g/mol. The third-order valence-corrected chi connectivity index (χ3v) is 6.33. The van der Waals surface area contributed by atoms with Gasteiger partial charge in [0.1, 0.15) is 12.7 Å². The van der Waals surface area contributed by atoms with Gasteiger partial charge in [0, 0.05) is 18.6 Å². The van der Waals surface area contributed by atoms with Crippen LogP contribution in [-0.4, -0.2) is 55.4 Å². The molecule has 0 saturated carbocycles. The van der Waals surface area contributed by atoms with Crippen LogP contribution in [0.2, 0.25) is 0 Å². The lowest BCUT2D eigenvalue weighted by Crippen LogP contribution is -2.72. The van der Waals surface area contributed by atoms with Crippen molar-refractivity contribution in [3.8, 4) is 0 Å². The van der Waals surface area contributed by atoms with Crippen LogP contribution in [0.25, 0.3) is 0 Å². The lowest BCUT2D eigenvalue weighted by atomic mass is 9.80. The van der Waals surface area contributed by atoms with Crippen LogP contribution >= 0.6 is 0 Å². The summed E-state index contributed by atoms with van der Waals surface area (Å²) in [6, 6.07) is 12.6. The molecule has 0 radical (unpaired) electrons. The van der Waals surface area contributed by atoms with E-state index in [2.05, 4.69) is 0 Å². The van der Waals surface area contributed by atoms with Crippen LogP contribution < -0.4 is 0 Å². The molecule has 2 aliphatic heterocycles. The van der Waals surface area contributed by atoms with Gasteiger partial charge in [-0.25, -0.2) is 4.79 Å². The number of non-ortho nitro benzene ring substituents is 1. The molecule has 1 amide bonds. The summed E-state index contributed by atoms with van der Waals surface area (Å²) >= 11 is 0. The fourth-order valence-corrected chi connectivity index (χ4v) is 4.69. The number of carbonyl (C=O) groups excluding carboxylic acids is 3. The monoisotopic (exact) mass is 454 g/mol. The van der Waals surface area contributed by atoms with Gasteiger partial charge < -0.3 is 19.8 Å². The molecule has 2 heterocycles. The molecule has 0 bridgehead atoms. The van der Waals surface area contributed by atoms with Crippen LogP contribution in [0.1, 0.15) is 30.6 Å². The summed E-state index contributed by atoms with van der Waals surface area (Å²) in [5.41, 5.74) is -1.73. The molecular weight excluding hydrogens is 432 g/mol. The number of rotatable bonds is 7. The Morgan fingerprint density at radius 2 is 1.82 bits per heavy atom. The summed E-state index contributed by atoms with van der Waals surface area (Å²) in [7, 11) is 0. The molecule has 10 heteroatoms. The summed E-state index contributed by atoms with van der Waals surface area (Å²) in [4.78, 5) is 50.8. The Hall–Kier alpha value is -3.63. The highest BCUT2D eigenvalue weighted by atomic mass is 16.6. The van der Waals surface area contributed by atoms with Gasteiger partial charge in [0.25, 0.3) is 5.69 Å². The van der Waals surface area contributed by atoms with E-state index >= 15 is 0 Å². The van der Waals surface area contributed by atoms with Crippen molar-refractivity contribution in [1.29, 1.82) is 0 Å². The van der Waals surface area contributed by atoms with Gasteiger partial charge in [-0.2, -0.15) is 0 Å². The van der Waals surface area contributed by atoms with Crippen molar-refractivity contribution < 1.29 is 34.3 Å². The Balaban J connectivity index is 1.66. The first-order valence-electron chi connectivity index (χ1n) is 10.4. The predicted molar refractivity (Wildman–Crippen MR) is 112 cm³/mol. The van der Waals surface area contributed by atoms with Gasteiger partial charge in [-0.3, -0.25) is 19.7 Å². The Bertz CT molecular complexity index is 1100. The number of aliphatic hydroxyl groups excluding tert-OH is 2. The molecule has 4 rings (SSSR count). The van der Waals surface area contributed by atoms with E-state index in [0.717, 1.165) is 4.90 Å². The number of benzene rings is 2. The number of amides is 1. The van der Waals surface area contributed by atoms with E-state index in [1.807, 2.05) is 0 Å². The van der Waals surface area contributed by atoms with Crippen LogP contribution in [-0.2, 0) is 25.7 Å². The number of esters is 1. The van der Waals surface area contributed by atoms with Crippen molar-refractivity contribution in [2.75, 3.05) is 0 Å². The first-order valence-corrected chi connectivity index (χ1v) is 10.4. The van der Waals surface area contributed by atoms with Gasteiger partial charge in [-0.05, 0) is 30.2 Å². The predicted octanol–water partition coefficient (Wildman–Crippen LogP) is 1.29. The maximum Gasteiger partial charge on any atom is 0.343 e. The zero-order valence-corrected chi connectivity index (χ0v) is 17.7. The van der Waals surface area contributed by atoms with Gasteiger partial charge in [-0.15, -0.1) is 0 Å². The SMILES string of the molecule is C[C@@H](O)[C@H]1C(=O)N2[C@@H]1CC(=O)[C@]2(C(=O)OCc1ccc([N+](=O)[O-])cc1)[C@H](O)c1ccccc1. The first kappa shape index (κ1) is 22.6. The molecule has 172 valence electrons. The number of nitrogens with zero attached hydrogens (tertiary/aromatic N) is 2. The summed E-state index contributed by atoms with van der Waals surface area (Å²) in [5, 5.41) is 32.0. The highest BCUT2D eigenvalue weighted by Gasteiger charge is 2.72. The zero-order valence-electron chi connectivity index (χ0n) is 17.7. The fourth-order valence-electron chi connectivity index (χ4n) is 4.69. The first-order chi connectivity index (χ1) is 15.7. The van der Waals surface area contributed by atoms with E-state index in [-0.39, 0.29) is 24.3 Å². The van der Waals surface area contributed by atoms with Crippen LogP contribution in [0.5, 0.6) is 0 Å². The second-order valence-corrected chi connectivity index (χ2v) is 8.25. The van der Waals surface area contributed by atoms with Crippen molar-refractivity contribution in [3.05, 3.63) is 75.8 Å². The quantitative estimate of drug-likeness (QED) is 0.209. The number of aliphatic hydroxyl groups is 2. The molecule has 2 aromatic carbocycles. The number of Topliss-reactive ketones (excluding diaryl/α,β-unsaturated/α-hetero) is 1.